The molecule has 0 bridgehead atoms. The summed E-state index contributed by atoms with van der Waals surface area (Å²) in [6.45, 7) is 16.2. The largest absolute Gasteiger partial charge is 0.481 e. The molecule has 0 amide bonds. The van der Waals surface area contributed by atoms with Crippen molar-refractivity contribution < 1.29 is 20.1 Å². The van der Waals surface area contributed by atoms with Crippen molar-refractivity contribution in [3.05, 3.63) is 11.6 Å². The number of rotatable bonds is 1. The van der Waals surface area contributed by atoms with E-state index < -0.39 is 23.6 Å². The first-order valence-corrected chi connectivity index (χ1v) is 14.0. The standard InChI is InChI=1S/C30H48O4/c1-17-10-13-30(25(33)34)15-14-27(5)19-8-9-21-26(3,4)22(31)16-23(32)29(21,7)20(19)11-12-28(27,6)24(30)18(17)2/h8,17-18,20-24,31-32H,9-16H2,1-7H3,(H,33,34)/t17-,18?,20?,21?,22+,23+,24?,27-,28+,29-,30+/m1/s1. The number of carboxylic acid groups (broad SMARTS) is 1. The van der Waals surface area contributed by atoms with Gasteiger partial charge in [0.15, 0.2) is 0 Å². The van der Waals surface area contributed by atoms with Gasteiger partial charge in [0.05, 0.1) is 17.6 Å². The van der Waals surface area contributed by atoms with Crippen molar-refractivity contribution in [1.82, 2.24) is 0 Å². The van der Waals surface area contributed by atoms with Gasteiger partial charge in [-0.1, -0.05) is 60.1 Å². The first kappa shape index (κ1) is 24.8. The fourth-order valence-electron chi connectivity index (χ4n) is 10.9. The number of allylic oxidation sites excluding steroid dienone is 2. The van der Waals surface area contributed by atoms with Gasteiger partial charge in [-0.25, -0.2) is 0 Å². The minimum absolute atomic E-state index is 0.0429. The normalized spacial score (nSPS) is 56.3. The smallest absolute Gasteiger partial charge is 0.309 e. The van der Waals surface area contributed by atoms with Crippen LogP contribution >= 0.6 is 0 Å². The summed E-state index contributed by atoms with van der Waals surface area (Å²) in [6, 6.07) is 0. The zero-order chi connectivity index (χ0) is 25.1. The van der Waals surface area contributed by atoms with Gasteiger partial charge in [-0.05, 0) is 90.8 Å². The Kier molecular flexibility index (Phi) is 5.36. The van der Waals surface area contributed by atoms with Crippen LogP contribution in [0.5, 0.6) is 0 Å². The highest BCUT2D eigenvalue weighted by Crippen LogP contribution is 2.75. The molecule has 4 heteroatoms. The number of carbonyl (C=O) groups is 1. The number of aliphatic hydroxyl groups excluding tert-OH is 2. The van der Waals surface area contributed by atoms with Gasteiger partial charge in [0, 0.05) is 11.8 Å². The maximum atomic E-state index is 12.9. The molecule has 0 aromatic rings. The van der Waals surface area contributed by atoms with Crippen LogP contribution in [0, 0.1) is 56.7 Å². The minimum Gasteiger partial charge on any atom is -0.481 e. The molecule has 5 aliphatic rings. The van der Waals surface area contributed by atoms with Gasteiger partial charge in [-0.2, -0.15) is 0 Å². The topological polar surface area (TPSA) is 77.8 Å². The molecule has 11 atom stereocenters. The van der Waals surface area contributed by atoms with E-state index in [1.54, 1.807) is 0 Å². The molecule has 0 heterocycles. The van der Waals surface area contributed by atoms with Crippen LogP contribution in [0.25, 0.3) is 0 Å². The van der Waals surface area contributed by atoms with Crippen molar-refractivity contribution >= 4 is 5.97 Å². The SMILES string of the molecule is CC1C2[C@](C(=O)O)(CC[C@H]1C)CC[C@]1(C)C3=CCC4C(C)(C)[C@@H](O)C[C@H](O)[C@]4(C)C3CC[C@@]21C. The predicted molar refractivity (Wildman–Crippen MR) is 134 cm³/mol. The van der Waals surface area contributed by atoms with Gasteiger partial charge in [0.1, 0.15) is 0 Å². The van der Waals surface area contributed by atoms with Gasteiger partial charge in [-0.15, -0.1) is 0 Å². The molecule has 3 N–H and O–H groups in total. The third kappa shape index (κ3) is 2.71. The van der Waals surface area contributed by atoms with Gasteiger partial charge in [0.25, 0.3) is 0 Å². The van der Waals surface area contributed by atoms with Gasteiger partial charge in [0.2, 0.25) is 0 Å². The Morgan fingerprint density at radius 1 is 0.941 bits per heavy atom. The van der Waals surface area contributed by atoms with Gasteiger partial charge < -0.3 is 15.3 Å². The lowest BCUT2D eigenvalue weighted by atomic mass is 9.33. The summed E-state index contributed by atoms with van der Waals surface area (Å²) in [5.41, 5.74) is 0.345. The molecular formula is C30H48O4. The molecular weight excluding hydrogens is 424 g/mol. The fraction of sp³-hybridized carbons (Fsp3) is 0.900. The van der Waals surface area contributed by atoms with Crippen LogP contribution in [0.1, 0.15) is 99.8 Å². The van der Waals surface area contributed by atoms with Gasteiger partial charge >= 0.3 is 5.97 Å². The third-order valence-corrected chi connectivity index (χ3v) is 13.5. The summed E-state index contributed by atoms with van der Waals surface area (Å²) in [5, 5.41) is 32.9. The molecule has 5 aliphatic carbocycles. The van der Waals surface area contributed by atoms with Crippen molar-refractivity contribution in [3.63, 3.8) is 0 Å². The summed E-state index contributed by atoms with van der Waals surface area (Å²) in [7, 11) is 0. The quantitative estimate of drug-likeness (QED) is 0.405. The summed E-state index contributed by atoms with van der Waals surface area (Å²) >= 11 is 0. The van der Waals surface area contributed by atoms with E-state index in [4.69, 9.17) is 0 Å². The molecule has 192 valence electrons. The van der Waals surface area contributed by atoms with E-state index >= 15 is 0 Å². The third-order valence-electron chi connectivity index (χ3n) is 13.5. The predicted octanol–water partition coefficient (Wildman–Crippen LogP) is 6.06. The van der Waals surface area contributed by atoms with Gasteiger partial charge in [-0.3, -0.25) is 4.79 Å². The summed E-state index contributed by atoms with van der Waals surface area (Å²) < 4.78 is 0. The van der Waals surface area contributed by atoms with E-state index in [1.807, 2.05) is 0 Å². The van der Waals surface area contributed by atoms with Crippen LogP contribution in [0.15, 0.2) is 11.6 Å². The average molecular weight is 473 g/mol. The number of hydrogen-bond donors (Lipinski definition) is 3. The molecule has 4 saturated carbocycles. The second-order valence-electron chi connectivity index (χ2n) is 14.6. The van der Waals surface area contributed by atoms with E-state index in [0.29, 0.717) is 24.2 Å². The Labute approximate surface area is 206 Å². The second kappa shape index (κ2) is 7.34. The van der Waals surface area contributed by atoms with Crippen LogP contribution in [0.2, 0.25) is 0 Å². The van der Waals surface area contributed by atoms with Crippen LogP contribution < -0.4 is 0 Å². The zero-order valence-corrected chi connectivity index (χ0v) is 22.5. The molecule has 0 radical (unpaired) electrons. The Bertz CT molecular complexity index is 907. The molecule has 0 aromatic carbocycles. The van der Waals surface area contributed by atoms with Crippen molar-refractivity contribution in [3.8, 4) is 0 Å². The Hall–Kier alpha value is -0.870. The maximum absolute atomic E-state index is 12.9. The number of fused-ring (bicyclic) bond motifs is 7. The van der Waals surface area contributed by atoms with Crippen LogP contribution in [-0.4, -0.2) is 33.5 Å². The van der Waals surface area contributed by atoms with E-state index in [2.05, 4.69) is 54.5 Å². The Balaban J connectivity index is 1.62. The zero-order valence-electron chi connectivity index (χ0n) is 22.5. The summed E-state index contributed by atoms with van der Waals surface area (Å²) in [6.07, 6.45) is 8.45. The minimum atomic E-state index is -0.592. The van der Waals surface area contributed by atoms with E-state index in [-0.39, 0.29) is 33.5 Å². The highest BCUT2D eigenvalue weighted by molar-refractivity contribution is 5.76. The van der Waals surface area contributed by atoms with E-state index in [9.17, 15) is 20.1 Å². The number of aliphatic hydroxyl groups is 2. The van der Waals surface area contributed by atoms with Crippen LogP contribution in [0.4, 0.5) is 0 Å². The molecule has 0 saturated heterocycles. The van der Waals surface area contributed by atoms with Crippen molar-refractivity contribution in [2.24, 2.45) is 56.7 Å². The lowest BCUT2D eigenvalue weighted by Gasteiger charge is -2.71. The number of hydrogen-bond acceptors (Lipinski definition) is 3. The fourth-order valence-corrected chi connectivity index (χ4v) is 10.9. The van der Waals surface area contributed by atoms with Crippen LogP contribution in [0.3, 0.4) is 0 Å². The Morgan fingerprint density at radius 2 is 1.62 bits per heavy atom. The molecule has 0 aliphatic heterocycles. The summed E-state index contributed by atoms with van der Waals surface area (Å²) in [4.78, 5) is 12.9. The maximum Gasteiger partial charge on any atom is 0.309 e. The molecule has 0 aromatic heterocycles. The Morgan fingerprint density at radius 3 is 2.26 bits per heavy atom. The highest BCUT2D eigenvalue weighted by Gasteiger charge is 2.71. The lowest BCUT2D eigenvalue weighted by Crippen LogP contribution is -2.67. The monoisotopic (exact) mass is 472 g/mol. The summed E-state index contributed by atoms with van der Waals surface area (Å²) in [5.74, 6) is 1.12. The first-order valence-electron chi connectivity index (χ1n) is 14.0. The number of carboxylic acids is 1. The second-order valence-corrected chi connectivity index (χ2v) is 14.6. The molecule has 4 fully saturated rings. The number of aliphatic carboxylic acids is 1. The van der Waals surface area contributed by atoms with Crippen LogP contribution in [-0.2, 0) is 4.79 Å². The molecule has 5 rings (SSSR count). The molecule has 4 nitrogen and oxygen atoms in total. The molecule has 0 spiro atoms. The van der Waals surface area contributed by atoms with Crippen molar-refractivity contribution in [2.75, 3.05) is 0 Å². The highest BCUT2D eigenvalue weighted by atomic mass is 16.4. The first-order chi connectivity index (χ1) is 15.7. The van der Waals surface area contributed by atoms with E-state index in [0.717, 1.165) is 44.9 Å². The van der Waals surface area contributed by atoms with E-state index in [1.165, 1.54) is 5.57 Å². The molecule has 34 heavy (non-hydrogen) atoms. The van der Waals surface area contributed by atoms with Crippen molar-refractivity contribution in [1.29, 1.82) is 0 Å². The molecule has 4 unspecified atom stereocenters. The average Bonchev–Trinajstić information content (AvgIpc) is 2.76. The van der Waals surface area contributed by atoms with Crippen molar-refractivity contribution in [2.45, 2.75) is 112 Å². The lowest BCUT2D eigenvalue weighted by molar-refractivity contribution is -0.218.